The Morgan fingerprint density at radius 1 is 1.33 bits per heavy atom. The van der Waals surface area contributed by atoms with Crippen LogP contribution in [0.4, 0.5) is 15.3 Å². The first-order valence-electron chi connectivity index (χ1n) is 9.30. The van der Waals surface area contributed by atoms with Crippen molar-refractivity contribution >= 4 is 39.1 Å². The lowest BCUT2D eigenvalue weighted by Crippen LogP contribution is -2.37. The van der Waals surface area contributed by atoms with E-state index in [0.29, 0.717) is 28.4 Å². The van der Waals surface area contributed by atoms with E-state index in [9.17, 15) is 9.18 Å². The number of nitrogens with zero attached hydrogens (tertiary/aromatic N) is 4. The number of nitrogens with two attached hydrogens (primary N) is 1. The quantitative estimate of drug-likeness (QED) is 0.705. The van der Waals surface area contributed by atoms with Crippen LogP contribution < -0.4 is 10.7 Å². The van der Waals surface area contributed by atoms with Gasteiger partial charge in [0.15, 0.2) is 5.82 Å². The molecule has 1 aromatic carbocycles. The third kappa shape index (κ3) is 3.66. The summed E-state index contributed by atoms with van der Waals surface area (Å²) in [4.78, 5) is 18.7. The number of anilines is 2. The molecule has 8 heteroatoms. The van der Waals surface area contributed by atoms with Gasteiger partial charge in [0.2, 0.25) is 11.0 Å². The highest BCUT2D eigenvalue weighted by Crippen LogP contribution is 2.30. The molecule has 1 saturated carbocycles. The minimum Gasteiger partial charge on any atom is -0.382 e. The maximum absolute atomic E-state index is 13.6. The van der Waals surface area contributed by atoms with Crippen LogP contribution in [-0.2, 0) is 4.79 Å². The lowest BCUT2D eigenvalue weighted by atomic mass is 9.86. The molecule has 0 saturated heterocycles. The lowest BCUT2D eigenvalue weighted by molar-refractivity contribution is -0.119. The van der Waals surface area contributed by atoms with Gasteiger partial charge in [0.05, 0.1) is 5.52 Å². The van der Waals surface area contributed by atoms with Crippen molar-refractivity contribution in [3.63, 3.8) is 0 Å². The largest absolute Gasteiger partial charge is 0.382 e. The summed E-state index contributed by atoms with van der Waals surface area (Å²) in [7, 11) is 0. The Labute approximate surface area is 160 Å². The van der Waals surface area contributed by atoms with Gasteiger partial charge in [0, 0.05) is 23.4 Å². The number of rotatable bonds is 5. The van der Waals surface area contributed by atoms with Crippen molar-refractivity contribution < 1.29 is 9.18 Å². The number of hydrogen-bond acceptors (Lipinski definition) is 5. The van der Waals surface area contributed by atoms with E-state index in [2.05, 4.69) is 10.1 Å². The summed E-state index contributed by atoms with van der Waals surface area (Å²) in [5, 5.41) is 8.63. The lowest BCUT2D eigenvalue weighted by Gasteiger charge is -2.24. The molecule has 0 atom stereocenters. The molecule has 3 aromatic rings. The molecule has 0 aliphatic heterocycles. The molecule has 2 heterocycles. The topological polar surface area (TPSA) is 77.0 Å². The third-order valence-corrected chi connectivity index (χ3v) is 5.92. The zero-order valence-corrected chi connectivity index (χ0v) is 15.8. The van der Waals surface area contributed by atoms with E-state index in [-0.39, 0.29) is 11.7 Å². The van der Waals surface area contributed by atoms with Gasteiger partial charge in [0.1, 0.15) is 5.82 Å². The van der Waals surface area contributed by atoms with Gasteiger partial charge in [-0.05, 0) is 30.5 Å². The second-order valence-electron chi connectivity index (χ2n) is 7.00. The van der Waals surface area contributed by atoms with Gasteiger partial charge in [-0.3, -0.25) is 4.79 Å². The van der Waals surface area contributed by atoms with E-state index in [1.54, 1.807) is 17.6 Å². The molecule has 0 unspecified atom stereocenters. The predicted octanol–water partition coefficient (Wildman–Crippen LogP) is 4.37. The summed E-state index contributed by atoms with van der Waals surface area (Å²) in [5.41, 5.74) is 6.75. The number of fused-ring (bicyclic) bond motifs is 1. The molecule has 6 nitrogen and oxygen atoms in total. The van der Waals surface area contributed by atoms with Crippen molar-refractivity contribution in [1.82, 2.24) is 14.9 Å². The molecule has 1 aliphatic rings. The number of amides is 1. The summed E-state index contributed by atoms with van der Waals surface area (Å²) >= 11 is 1.34. The fraction of sp³-hybridized carbons (Fsp3) is 0.421. The highest BCUT2D eigenvalue weighted by molar-refractivity contribution is 7.13. The molecular formula is C19H22FN5OS. The van der Waals surface area contributed by atoms with Crippen molar-refractivity contribution in [3.8, 4) is 0 Å². The van der Waals surface area contributed by atoms with Crippen LogP contribution in [0.1, 0.15) is 44.9 Å². The second-order valence-corrected chi connectivity index (χ2v) is 7.87. The molecule has 0 radical (unpaired) electrons. The van der Waals surface area contributed by atoms with Gasteiger partial charge < -0.3 is 5.73 Å². The van der Waals surface area contributed by atoms with E-state index in [1.807, 2.05) is 0 Å². The first-order valence-corrected chi connectivity index (χ1v) is 10.2. The van der Waals surface area contributed by atoms with Crippen LogP contribution in [0.3, 0.4) is 0 Å². The smallest absolute Gasteiger partial charge is 0.249 e. The number of carbonyl (C=O) groups is 1. The number of nitrogen functional groups attached to an aromatic ring is 1. The van der Waals surface area contributed by atoms with Crippen LogP contribution in [0, 0.1) is 11.7 Å². The SMILES string of the molecule is Nc1c2cc(F)ccc2nn1N(C(=O)CCC1CCCCC1)c1nccs1. The highest BCUT2D eigenvalue weighted by Gasteiger charge is 2.25. The summed E-state index contributed by atoms with van der Waals surface area (Å²) in [6.45, 7) is 0. The number of thiazole rings is 1. The van der Waals surface area contributed by atoms with Gasteiger partial charge >= 0.3 is 0 Å². The average Bonchev–Trinajstić information content (AvgIpc) is 3.31. The molecule has 1 fully saturated rings. The van der Waals surface area contributed by atoms with Crippen LogP contribution in [-0.4, -0.2) is 20.8 Å². The Hall–Kier alpha value is -2.48. The summed E-state index contributed by atoms with van der Waals surface area (Å²) in [6, 6.07) is 4.22. The molecule has 2 N–H and O–H groups in total. The molecule has 142 valence electrons. The van der Waals surface area contributed by atoms with Gasteiger partial charge in [-0.25, -0.2) is 9.37 Å². The molecule has 0 bridgehead atoms. The number of hydrogen-bond donors (Lipinski definition) is 1. The van der Waals surface area contributed by atoms with Crippen molar-refractivity contribution in [2.24, 2.45) is 5.92 Å². The van der Waals surface area contributed by atoms with Gasteiger partial charge in [-0.15, -0.1) is 21.2 Å². The zero-order chi connectivity index (χ0) is 18.8. The van der Waals surface area contributed by atoms with Crippen LogP contribution in [0.5, 0.6) is 0 Å². The Bertz CT molecular complexity index is 933. The van der Waals surface area contributed by atoms with Crippen LogP contribution >= 0.6 is 11.3 Å². The fourth-order valence-corrected chi connectivity index (χ4v) is 4.38. The molecule has 1 amide bonds. The molecular weight excluding hydrogens is 365 g/mol. The summed E-state index contributed by atoms with van der Waals surface area (Å²) < 4.78 is 13.6. The van der Waals surface area contributed by atoms with E-state index < -0.39 is 5.82 Å². The minimum absolute atomic E-state index is 0.101. The van der Waals surface area contributed by atoms with Crippen molar-refractivity contribution in [1.29, 1.82) is 0 Å². The Morgan fingerprint density at radius 2 is 2.15 bits per heavy atom. The maximum atomic E-state index is 13.6. The normalized spacial score (nSPS) is 15.3. The van der Waals surface area contributed by atoms with E-state index in [4.69, 9.17) is 5.73 Å². The monoisotopic (exact) mass is 387 g/mol. The third-order valence-electron chi connectivity index (χ3n) is 5.17. The second kappa shape index (κ2) is 7.64. The maximum Gasteiger partial charge on any atom is 0.249 e. The van der Waals surface area contributed by atoms with Crippen LogP contribution in [0.2, 0.25) is 0 Å². The highest BCUT2D eigenvalue weighted by atomic mass is 32.1. The van der Waals surface area contributed by atoms with Crippen LogP contribution in [0.15, 0.2) is 29.8 Å². The fourth-order valence-electron chi connectivity index (χ4n) is 3.74. The first-order chi connectivity index (χ1) is 13.1. The molecule has 0 spiro atoms. The number of halogens is 1. The Balaban J connectivity index is 1.63. The van der Waals surface area contributed by atoms with Gasteiger partial charge in [0.25, 0.3) is 0 Å². The van der Waals surface area contributed by atoms with Gasteiger partial charge in [-0.2, -0.15) is 5.01 Å². The molecule has 27 heavy (non-hydrogen) atoms. The molecule has 1 aliphatic carbocycles. The molecule has 4 rings (SSSR count). The summed E-state index contributed by atoms with van der Waals surface area (Å²) in [5.74, 6) is 0.336. The standard InChI is InChI=1S/C19H22FN5OS/c20-14-7-8-16-15(12-14)18(21)25(23-16)24(19-22-10-11-27-19)17(26)9-6-13-4-2-1-3-5-13/h7-8,10-13H,1-6,9,21H2. The van der Waals surface area contributed by atoms with Crippen LogP contribution in [0.25, 0.3) is 10.9 Å². The Kier molecular flexibility index (Phi) is 5.07. The van der Waals surface area contributed by atoms with Crippen molar-refractivity contribution in [3.05, 3.63) is 35.6 Å². The molecule has 2 aromatic heterocycles. The minimum atomic E-state index is -0.391. The number of aromatic nitrogens is 3. The Morgan fingerprint density at radius 3 is 2.89 bits per heavy atom. The van der Waals surface area contributed by atoms with Crippen molar-refractivity contribution in [2.75, 3.05) is 10.7 Å². The summed E-state index contributed by atoms with van der Waals surface area (Å²) in [6.07, 6.45) is 9.08. The number of benzene rings is 1. The van der Waals surface area contributed by atoms with E-state index in [1.165, 1.54) is 65.4 Å². The predicted molar refractivity (Wildman–Crippen MR) is 105 cm³/mol. The first kappa shape index (κ1) is 17.9. The average molecular weight is 387 g/mol. The van der Waals surface area contributed by atoms with Gasteiger partial charge in [-0.1, -0.05) is 32.1 Å². The zero-order valence-electron chi connectivity index (χ0n) is 15.0. The van der Waals surface area contributed by atoms with E-state index in [0.717, 1.165) is 6.42 Å². The number of carbonyl (C=O) groups excluding carboxylic acids is 1. The van der Waals surface area contributed by atoms with Crippen molar-refractivity contribution in [2.45, 2.75) is 44.9 Å². The van der Waals surface area contributed by atoms with E-state index >= 15 is 0 Å².